The number of carbonyl (C=O) groups is 1. The monoisotopic (exact) mass is 307 g/mol. The first kappa shape index (κ1) is 16.4. The molecular formula is C16H25N3O3. The lowest BCUT2D eigenvalue weighted by Crippen LogP contribution is -2.41. The van der Waals surface area contributed by atoms with E-state index in [9.17, 15) is 4.79 Å². The smallest absolute Gasteiger partial charge is 0.317 e. The molecule has 1 heterocycles. The Kier molecular flexibility index (Phi) is 5.89. The van der Waals surface area contributed by atoms with E-state index in [2.05, 4.69) is 5.32 Å². The Morgan fingerprint density at radius 1 is 1.41 bits per heavy atom. The summed E-state index contributed by atoms with van der Waals surface area (Å²) >= 11 is 0. The summed E-state index contributed by atoms with van der Waals surface area (Å²) in [4.78, 5) is 15.9. The van der Waals surface area contributed by atoms with E-state index >= 15 is 0 Å². The molecule has 2 rings (SSSR count). The van der Waals surface area contributed by atoms with Crippen LogP contribution in [0.4, 0.5) is 4.79 Å². The van der Waals surface area contributed by atoms with E-state index < -0.39 is 0 Å². The van der Waals surface area contributed by atoms with E-state index in [4.69, 9.17) is 9.47 Å². The van der Waals surface area contributed by atoms with Crippen LogP contribution in [-0.4, -0.2) is 69.3 Å². The molecule has 1 aliphatic rings. The normalized spacial score (nSPS) is 17.6. The molecule has 1 saturated heterocycles. The van der Waals surface area contributed by atoms with Crippen LogP contribution < -0.4 is 14.8 Å². The number of methoxy groups -OCH3 is 1. The zero-order valence-electron chi connectivity index (χ0n) is 13.5. The van der Waals surface area contributed by atoms with Gasteiger partial charge in [0.2, 0.25) is 0 Å². The van der Waals surface area contributed by atoms with Gasteiger partial charge in [-0.3, -0.25) is 0 Å². The number of nitrogens with zero attached hydrogens (tertiary/aromatic N) is 2. The summed E-state index contributed by atoms with van der Waals surface area (Å²) in [7, 11) is 5.61. The molecule has 1 N–H and O–H groups in total. The first-order valence-corrected chi connectivity index (χ1v) is 7.56. The topological polar surface area (TPSA) is 54.0 Å². The van der Waals surface area contributed by atoms with Gasteiger partial charge in [0, 0.05) is 32.1 Å². The summed E-state index contributed by atoms with van der Waals surface area (Å²) in [6, 6.07) is 7.53. The van der Waals surface area contributed by atoms with Crippen LogP contribution in [0.3, 0.4) is 0 Å². The molecule has 2 amide bonds. The average Bonchev–Trinajstić information content (AvgIpc) is 2.95. The lowest BCUT2D eigenvalue weighted by atomic mass is 10.3. The number of hydrogen-bond donors (Lipinski definition) is 1. The van der Waals surface area contributed by atoms with Crippen LogP contribution in [0.1, 0.15) is 6.42 Å². The fraction of sp³-hybridized carbons (Fsp3) is 0.562. The molecule has 0 saturated carbocycles. The lowest BCUT2D eigenvalue weighted by Gasteiger charge is -2.19. The van der Waals surface area contributed by atoms with E-state index in [-0.39, 0.29) is 12.1 Å². The van der Waals surface area contributed by atoms with Crippen molar-refractivity contribution in [2.45, 2.75) is 12.5 Å². The molecule has 0 aliphatic carbocycles. The number of ether oxygens (including phenoxy) is 2. The summed E-state index contributed by atoms with van der Waals surface area (Å²) in [6.45, 7) is 2.83. The van der Waals surface area contributed by atoms with E-state index in [1.54, 1.807) is 12.0 Å². The van der Waals surface area contributed by atoms with Gasteiger partial charge in [0.25, 0.3) is 0 Å². The van der Waals surface area contributed by atoms with Crippen LogP contribution in [0.25, 0.3) is 0 Å². The molecule has 6 heteroatoms. The number of urea groups is 1. The Morgan fingerprint density at radius 2 is 2.18 bits per heavy atom. The summed E-state index contributed by atoms with van der Waals surface area (Å²) < 4.78 is 11.1. The van der Waals surface area contributed by atoms with Crippen molar-refractivity contribution >= 4 is 6.03 Å². The predicted octanol–water partition coefficient (Wildman–Crippen LogP) is 1.42. The van der Waals surface area contributed by atoms with Crippen molar-refractivity contribution in [1.82, 2.24) is 15.1 Å². The third kappa shape index (κ3) is 4.80. The quantitative estimate of drug-likeness (QED) is 0.863. The van der Waals surface area contributed by atoms with Gasteiger partial charge in [0.15, 0.2) is 0 Å². The zero-order valence-corrected chi connectivity index (χ0v) is 13.5. The van der Waals surface area contributed by atoms with Crippen LogP contribution in [0.2, 0.25) is 0 Å². The second-order valence-corrected chi connectivity index (χ2v) is 5.69. The molecule has 1 aromatic rings. The van der Waals surface area contributed by atoms with Crippen LogP contribution in [-0.2, 0) is 0 Å². The average molecular weight is 307 g/mol. The molecule has 1 unspecified atom stereocenters. The standard InChI is InChI=1S/C16H25N3O3/c1-18(2)10-8-17-16(20)19-9-7-15(12-19)22-14-6-4-5-13(11-14)21-3/h4-6,11,15H,7-10,12H2,1-3H3,(H,17,20). The Balaban J connectivity index is 1.78. The second-order valence-electron chi connectivity index (χ2n) is 5.69. The van der Waals surface area contributed by atoms with Gasteiger partial charge in [-0.2, -0.15) is 0 Å². The molecule has 1 aliphatic heterocycles. The van der Waals surface area contributed by atoms with Crippen molar-refractivity contribution in [3.8, 4) is 11.5 Å². The van der Waals surface area contributed by atoms with Gasteiger partial charge in [0.1, 0.15) is 17.6 Å². The maximum Gasteiger partial charge on any atom is 0.317 e. The van der Waals surface area contributed by atoms with Crippen LogP contribution in [0.5, 0.6) is 11.5 Å². The second kappa shape index (κ2) is 7.89. The fourth-order valence-corrected chi connectivity index (χ4v) is 2.37. The SMILES string of the molecule is COc1cccc(OC2CCN(C(=O)NCCN(C)C)C2)c1. The minimum Gasteiger partial charge on any atom is -0.497 e. The number of amides is 2. The predicted molar refractivity (Wildman–Crippen MR) is 85.6 cm³/mol. The van der Waals surface area contributed by atoms with E-state index in [1.165, 1.54) is 0 Å². The summed E-state index contributed by atoms with van der Waals surface area (Å²) in [5.74, 6) is 1.55. The molecule has 122 valence electrons. The number of likely N-dealkylation sites (N-methyl/N-ethyl adjacent to an activating group) is 1. The number of rotatable bonds is 6. The number of nitrogens with one attached hydrogen (secondary N) is 1. The third-order valence-electron chi connectivity index (χ3n) is 3.61. The van der Waals surface area contributed by atoms with E-state index in [1.807, 2.05) is 43.3 Å². The molecular weight excluding hydrogens is 282 g/mol. The molecule has 1 fully saturated rings. The van der Waals surface area contributed by atoms with Crippen molar-refractivity contribution in [3.63, 3.8) is 0 Å². The van der Waals surface area contributed by atoms with Crippen molar-refractivity contribution in [3.05, 3.63) is 24.3 Å². The van der Waals surface area contributed by atoms with Gasteiger partial charge in [-0.1, -0.05) is 6.07 Å². The molecule has 0 bridgehead atoms. The molecule has 22 heavy (non-hydrogen) atoms. The van der Waals surface area contributed by atoms with E-state index in [0.29, 0.717) is 13.1 Å². The highest BCUT2D eigenvalue weighted by Crippen LogP contribution is 2.22. The van der Waals surface area contributed by atoms with Crippen molar-refractivity contribution in [2.24, 2.45) is 0 Å². The molecule has 1 atom stereocenters. The van der Waals surface area contributed by atoms with Gasteiger partial charge in [-0.15, -0.1) is 0 Å². The highest BCUT2D eigenvalue weighted by Gasteiger charge is 2.27. The Labute approximate surface area is 132 Å². The molecule has 0 radical (unpaired) electrons. The maximum absolute atomic E-state index is 12.0. The molecule has 0 spiro atoms. The van der Waals surface area contributed by atoms with Gasteiger partial charge in [-0.25, -0.2) is 4.79 Å². The number of carbonyl (C=O) groups excluding carboxylic acids is 1. The highest BCUT2D eigenvalue weighted by atomic mass is 16.5. The highest BCUT2D eigenvalue weighted by molar-refractivity contribution is 5.74. The lowest BCUT2D eigenvalue weighted by molar-refractivity contribution is 0.186. The third-order valence-corrected chi connectivity index (χ3v) is 3.61. The van der Waals surface area contributed by atoms with Gasteiger partial charge in [-0.05, 0) is 26.2 Å². The molecule has 0 aromatic heterocycles. The fourth-order valence-electron chi connectivity index (χ4n) is 2.37. The summed E-state index contributed by atoms with van der Waals surface area (Å²) in [5.41, 5.74) is 0. The number of hydrogen-bond acceptors (Lipinski definition) is 4. The van der Waals surface area contributed by atoms with Crippen molar-refractivity contribution < 1.29 is 14.3 Å². The molecule has 1 aromatic carbocycles. The van der Waals surface area contributed by atoms with E-state index in [0.717, 1.165) is 31.0 Å². The first-order chi connectivity index (χ1) is 10.6. The minimum absolute atomic E-state index is 0.0152. The summed E-state index contributed by atoms with van der Waals surface area (Å²) in [6.07, 6.45) is 0.880. The minimum atomic E-state index is -0.0152. The maximum atomic E-state index is 12.0. The molecule has 6 nitrogen and oxygen atoms in total. The number of benzene rings is 1. The van der Waals surface area contributed by atoms with Crippen LogP contribution in [0, 0.1) is 0 Å². The largest absolute Gasteiger partial charge is 0.497 e. The Morgan fingerprint density at radius 3 is 2.91 bits per heavy atom. The van der Waals surface area contributed by atoms with Crippen LogP contribution >= 0.6 is 0 Å². The van der Waals surface area contributed by atoms with Crippen molar-refractivity contribution in [2.75, 3.05) is 47.4 Å². The zero-order chi connectivity index (χ0) is 15.9. The Hall–Kier alpha value is -1.95. The van der Waals surface area contributed by atoms with Crippen LogP contribution in [0.15, 0.2) is 24.3 Å². The van der Waals surface area contributed by atoms with Gasteiger partial charge in [0.05, 0.1) is 13.7 Å². The Bertz CT molecular complexity index is 493. The van der Waals surface area contributed by atoms with Gasteiger partial charge < -0.3 is 24.6 Å². The van der Waals surface area contributed by atoms with Gasteiger partial charge >= 0.3 is 6.03 Å². The summed E-state index contributed by atoms with van der Waals surface area (Å²) in [5, 5.41) is 2.93. The van der Waals surface area contributed by atoms with Crippen molar-refractivity contribution in [1.29, 1.82) is 0 Å². The first-order valence-electron chi connectivity index (χ1n) is 7.56. The number of likely N-dealkylation sites (tertiary alicyclic amines) is 1.